The molecular weight excluding hydrogens is 224 g/mol. The van der Waals surface area contributed by atoms with E-state index >= 15 is 0 Å². The third-order valence-corrected chi connectivity index (χ3v) is 3.63. The molecule has 1 amide bonds. The number of benzene rings is 1. The van der Waals surface area contributed by atoms with Crippen LogP contribution in [0.2, 0.25) is 0 Å². The standard InChI is InChI=1S/C15H22N2O/c1-11-7-15(8-11)16-14-6-4-5-13(9-14)10-17(3)12(2)18/h4-6,9,11,15-16H,7-8,10H2,1-3H3. The minimum absolute atomic E-state index is 0.0983. The van der Waals surface area contributed by atoms with Crippen molar-refractivity contribution >= 4 is 11.6 Å². The second-order valence-corrected chi connectivity index (χ2v) is 5.49. The van der Waals surface area contributed by atoms with Crippen LogP contribution in [0, 0.1) is 5.92 Å². The molecule has 2 rings (SSSR count). The molecule has 3 nitrogen and oxygen atoms in total. The maximum atomic E-state index is 11.2. The molecule has 1 fully saturated rings. The maximum absolute atomic E-state index is 11.2. The van der Waals surface area contributed by atoms with E-state index < -0.39 is 0 Å². The largest absolute Gasteiger partial charge is 0.382 e. The lowest BCUT2D eigenvalue weighted by Crippen LogP contribution is -2.33. The van der Waals surface area contributed by atoms with Gasteiger partial charge in [0.1, 0.15) is 0 Å². The number of nitrogens with zero attached hydrogens (tertiary/aromatic N) is 1. The van der Waals surface area contributed by atoms with Gasteiger partial charge in [0.15, 0.2) is 0 Å². The maximum Gasteiger partial charge on any atom is 0.219 e. The fourth-order valence-corrected chi connectivity index (χ4v) is 2.40. The van der Waals surface area contributed by atoms with E-state index in [1.165, 1.54) is 24.1 Å². The highest BCUT2D eigenvalue weighted by Crippen LogP contribution is 2.29. The summed E-state index contributed by atoms with van der Waals surface area (Å²) < 4.78 is 0. The molecule has 1 aliphatic carbocycles. The molecular formula is C15H22N2O. The van der Waals surface area contributed by atoms with Gasteiger partial charge in [0.25, 0.3) is 0 Å². The molecule has 0 radical (unpaired) electrons. The number of anilines is 1. The third-order valence-electron chi connectivity index (χ3n) is 3.63. The van der Waals surface area contributed by atoms with E-state index in [1.54, 1.807) is 11.8 Å². The Morgan fingerprint density at radius 3 is 2.78 bits per heavy atom. The summed E-state index contributed by atoms with van der Waals surface area (Å²) in [5, 5.41) is 3.55. The predicted octanol–water partition coefficient (Wildman–Crippen LogP) is 2.88. The number of amides is 1. The van der Waals surface area contributed by atoms with Gasteiger partial charge in [-0.15, -0.1) is 0 Å². The molecule has 0 saturated heterocycles. The van der Waals surface area contributed by atoms with E-state index in [-0.39, 0.29) is 5.91 Å². The zero-order valence-corrected chi connectivity index (χ0v) is 11.4. The molecule has 1 aromatic carbocycles. The summed E-state index contributed by atoms with van der Waals surface area (Å²) in [4.78, 5) is 12.9. The quantitative estimate of drug-likeness (QED) is 0.886. The number of carbonyl (C=O) groups excluding carboxylic acids is 1. The van der Waals surface area contributed by atoms with E-state index in [2.05, 4.69) is 30.4 Å². The SMILES string of the molecule is CC(=O)N(C)Cc1cccc(NC2CC(C)C2)c1. The van der Waals surface area contributed by atoms with Crippen LogP contribution in [0.4, 0.5) is 5.69 Å². The van der Waals surface area contributed by atoms with Crippen molar-refractivity contribution in [3.8, 4) is 0 Å². The van der Waals surface area contributed by atoms with Crippen LogP contribution in [0.3, 0.4) is 0 Å². The Bertz CT molecular complexity index is 424. The molecule has 1 N–H and O–H groups in total. The molecule has 0 aromatic heterocycles. The first-order chi connectivity index (χ1) is 8.54. The van der Waals surface area contributed by atoms with Gasteiger partial charge in [-0.05, 0) is 36.5 Å². The first kappa shape index (κ1) is 12.9. The third kappa shape index (κ3) is 3.25. The Labute approximate surface area is 109 Å². The number of hydrogen-bond donors (Lipinski definition) is 1. The van der Waals surface area contributed by atoms with Gasteiger partial charge in [-0.2, -0.15) is 0 Å². The van der Waals surface area contributed by atoms with Gasteiger partial charge in [-0.1, -0.05) is 19.1 Å². The van der Waals surface area contributed by atoms with Crippen molar-refractivity contribution in [2.45, 2.75) is 39.3 Å². The number of hydrogen-bond acceptors (Lipinski definition) is 2. The number of nitrogens with one attached hydrogen (secondary N) is 1. The van der Waals surface area contributed by atoms with Crippen molar-refractivity contribution in [1.82, 2.24) is 4.90 Å². The second kappa shape index (κ2) is 5.42. The van der Waals surface area contributed by atoms with Crippen LogP contribution in [0.15, 0.2) is 24.3 Å². The summed E-state index contributed by atoms with van der Waals surface area (Å²) in [6.45, 7) is 4.56. The predicted molar refractivity (Wildman–Crippen MR) is 74.4 cm³/mol. The molecule has 0 spiro atoms. The summed E-state index contributed by atoms with van der Waals surface area (Å²) in [6.07, 6.45) is 2.52. The lowest BCUT2D eigenvalue weighted by molar-refractivity contribution is -0.128. The van der Waals surface area contributed by atoms with E-state index in [9.17, 15) is 4.79 Å². The fourth-order valence-electron chi connectivity index (χ4n) is 2.40. The summed E-state index contributed by atoms with van der Waals surface area (Å²) in [7, 11) is 1.83. The highest BCUT2D eigenvalue weighted by atomic mass is 16.2. The Morgan fingerprint density at radius 1 is 1.44 bits per heavy atom. The van der Waals surface area contributed by atoms with E-state index in [0.717, 1.165) is 5.92 Å². The van der Waals surface area contributed by atoms with Gasteiger partial charge in [0.05, 0.1) is 0 Å². The highest BCUT2D eigenvalue weighted by molar-refractivity contribution is 5.72. The lowest BCUT2D eigenvalue weighted by Gasteiger charge is -2.34. The van der Waals surface area contributed by atoms with Crippen molar-refractivity contribution in [3.05, 3.63) is 29.8 Å². The Hall–Kier alpha value is -1.51. The molecule has 3 heteroatoms. The minimum atomic E-state index is 0.0983. The van der Waals surface area contributed by atoms with E-state index in [4.69, 9.17) is 0 Å². The molecule has 0 bridgehead atoms. The molecule has 0 heterocycles. The van der Waals surface area contributed by atoms with Crippen molar-refractivity contribution in [2.24, 2.45) is 5.92 Å². The summed E-state index contributed by atoms with van der Waals surface area (Å²) >= 11 is 0. The zero-order chi connectivity index (χ0) is 13.1. The molecule has 0 unspecified atom stereocenters. The van der Waals surface area contributed by atoms with Gasteiger partial charge in [-0.25, -0.2) is 0 Å². The van der Waals surface area contributed by atoms with Gasteiger partial charge in [0.2, 0.25) is 5.91 Å². The van der Waals surface area contributed by atoms with Gasteiger partial charge >= 0.3 is 0 Å². The van der Waals surface area contributed by atoms with Gasteiger partial charge in [0, 0.05) is 32.2 Å². The van der Waals surface area contributed by atoms with Crippen LogP contribution >= 0.6 is 0 Å². The van der Waals surface area contributed by atoms with Crippen molar-refractivity contribution in [2.75, 3.05) is 12.4 Å². The van der Waals surface area contributed by atoms with Crippen LogP contribution in [-0.4, -0.2) is 23.9 Å². The van der Waals surface area contributed by atoms with Crippen molar-refractivity contribution in [3.63, 3.8) is 0 Å². The summed E-state index contributed by atoms with van der Waals surface area (Å²) in [5.41, 5.74) is 2.34. The van der Waals surface area contributed by atoms with Crippen LogP contribution < -0.4 is 5.32 Å². The first-order valence-corrected chi connectivity index (χ1v) is 6.62. The highest BCUT2D eigenvalue weighted by Gasteiger charge is 2.24. The Balaban J connectivity index is 1.94. The Morgan fingerprint density at radius 2 is 2.17 bits per heavy atom. The first-order valence-electron chi connectivity index (χ1n) is 6.62. The lowest BCUT2D eigenvalue weighted by atomic mass is 9.82. The topological polar surface area (TPSA) is 32.3 Å². The molecule has 1 aromatic rings. The van der Waals surface area contributed by atoms with E-state index in [1.807, 2.05) is 13.1 Å². The molecule has 0 aliphatic heterocycles. The Kier molecular flexibility index (Phi) is 3.90. The summed E-state index contributed by atoms with van der Waals surface area (Å²) in [5.74, 6) is 0.954. The molecule has 1 aliphatic rings. The van der Waals surface area contributed by atoms with Crippen LogP contribution in [-0.2, 0) is 11.3 Å². The van der Waals surface area contributed by atoms with Gasteiger partial charge < -0.3 is 10.2 Å². The average Bonchev–Trinajstić information content (AvgIpc) is 2.27. The van der Waals surface area contributed by atoms with Crippen LogP contribution in [0.1, 0.15) is 32.3 Å². The smallest absolute Gasteiger partial charge is 0.219 e. The minimum Gasteiger partial charge on any atom is -0.382 e. The summed E-state index contributed by atoms with van der Waals surface area (Å²) in [6, 6.07) is 8.98. The fraction of sp³-hybridized carbons (Fsp3) is 0.533. The number of rotatable bonds is 4. The zero-order valence-electron chi connectivity index (χ0n) is 11.4. The average molecular weight is 246 g/mol. The monoisotopic (exact) mass is 246 g/mol. The second-order valence-electron chi connectivity index (χ2n) is 5.49. The number of carbonyl (C=O) groups is 1. The van der Waals surface area contributed by atoms with Crippen LogP contribution in [0.25, 0.3) is 0 Å². The molecule has 0 atom stereocenters. The van der Waals surface area contributed by atoms with E-state index in [0.29, 0.717) is 12.6 Å². The van der Waals surface area contributed by atoms with Gasteiger partial charge in [-0.3, -0.25) is 4.79 Å². The molecule has 98 valence electrons. The van der Waals surface area contributed by atoms with Crippen LogP contribution in [0.5, 0.6) is 0 Å². The van der Waals surface area contributed by atoms with Crippen molar-refractivity contribution < 1.29 is 4.79 Å². The normalized spacial score (nSPS) is 22.2. The van der Waals surface area contributed by atoms with Crippen molar-refractivity contribution in [1.29, 1.82) is 0 Å². The molecule has 18 heavy (non-hydrogen) atoms. The molecule has 1 saturated carbocycles.